The van der Waals surface area contributed by atoms with Crippen LogP contribution in [0, 0.1) is 12.7 Å². The minimum atomic E-state index is -2.92. The van der Waals surface area contributed by atoms with Gasteiger partial charge in [-0.3, -0.25) is 4.79 Å². The van der Waals surface area contributed by atoms with Crippen LogP contribution in [0.3, 0.4) is 0 Å². The van der Waals surface area contributed by atoms with E-state index in [1.807, 2.05) is 0 Å². The highest BCUT2D eigenvalue weighted by Crippen LogP contribution is 2.32. The predicted molar refractivity (Wildman–Crippen MR) is 91.8 cm³/mol. The van der Waals surface area contributed by atoms with Crippen LogP contribution in [0.25, 0.3) is 10.9 Å². The Morgan fingerprint density at radius 3 is 2.48 bits per heavy atom. The van der Waals surface area contributed by atoms with Gasteiger partial charge in [-0.25, -0.2) is 4.39 Å². The fourth-order valence-electron chi connectivity index (χ4n) is 3.09. The number of benzene rings is 2. The Morgan fingerprint density at radius 2 is 1.89 bits per heavy atom. The van der Waals surface area contributed by atoms with Crippen molar-refractivity contribution in [1.29, 1.82) is 0 Å². The molecular weight excluding hydrogens is 363 g/mol. The summed E-state index contributed by atoms with van der Waals surface area (Å²) in [6.45, 7) is -0.941. The number of carbonyl (C=O) groups is 1. The molecule has 0 aliphatic carbocycles. The molecule has 2 N–H and O–H groups in total. The maximum Gasteiger partial charge on any atom is 0.387 e. The Hall–Kier alpha value is -3.16. The van der Waals surface area contributed by atoms with Crippen LogP contribution in [-0.4, -0.2) is 27.4 Å². The van der Waals surface area contributed by atoms with Crippen LogP contribution in [0.1, 0.15) is 16.8 Å². The molecule has 1 heterocycles. The highest BCUT2D eigenvalue weighted by Gasteiger charge is 2.19. The smallest absolute Gasteiger partial charge is 0.387 e. The van der Waals surface area contributed by atoms with Gasteiger partial charge in [-0.1, -0.05) is 12.1 Å². The zero-order valence-electron chi connectivity index (χ0n) is 14.2. The van der Waals surface area contributed by atoms with E-state index in [1.54, 1.807) is 23.6 Å². The molecular formula is C19H16F3NO4. The molecule has 0 fully saturated rings. The number of halogens is 3. The second-order valence-electron chi connectivity index (χ2n) is 6.06. The molecule has 8 heteroatoms. The summed E-state index contributed by atoms with van der Waals surface area (Å²) >= 11 is 0. The van der Waals surface area contributed by atoms with Gasteiger partial charge in [0.1, 0.15) is 5.75 Å². The van der Waals surface area contributed by atoms with E-state index in [0.29, 0.717) is 22.2 Å². The van der Waals surface area contributed by atoms with Gasteiger partial charge in [-0.2, -0.15) is 8.78 Å². The third kappa shape index (κ3) is 3.84. The zero-order valence-corrected chi connectivity index (χ0v) is 14.2. The van der Waals surface area contributed by atoms with Crippen molar-refractivity contribution < 1.29 is 32.9 Å². The molecule has 0 spiro atoms. The van der Waals surface area contributed by atoms with Crippen LogP contribution in [0.4, 0.5) is 13.2 Å². The number of nitrogens with zero attached hydrogens (tertiary/aromatic N) is 1. The van der Waals surface area contributed by atoms with Crippen LogP contribution in [0.5, 0.6) is 11.5 Å². The van der Waals surface area contributed by atoms with E-state index >= 15 is 0 Å². The number of aromatic hydroxyl groups is 1. The third-order valence-electron chi connectivity index (χ3n) is 4.34. The predicted octanol–water partition coefficient (Wildman–Crippen LogP) is 4.07. The second kappa shape index (κ2) is 7.22. The molecule has 2 aromatic carbocycles. The van der Waals surface area contributed by atoms with Crippen LogP contribution in [0.15, 0.2) is 36.4 Å². The number of hydrogen-bond donors (Lipinski definition) is 2. The fraction of sp³-hybridized carbons (Fsp3) is 0.211. The Labute approximate surface area is 152 Å². The lowest BCUT2D eigenvalue weighted by Crippen LogP contribution is -2.05. The number of ether oxygens (including phenoxy) is 1. The molecule has 0 unspecified atom stereocenters. The number of phenols is 1. The first-order chi connectivity index (χ1) is 12.8. The maximum atomic E-state index is 13.9. The van der Waals surface area contributed by atoms with Gasteiger partial charge in [-0.15, -0.1) is 0 Å². The lowest BCUT2D eigenvalue weighted by molar-refractivity contribution is -0.136. The average molecular weight is 379 g/mol. The Bertz CT molecular complexity index is 997. The van der Waals surface area contributed by atoms with Crippen molar-refractivity contribution in [2.24, 2.45) is 0 Å². The van der Waals surface area contributed by atoms with Crippen LogP contribution in [-0.2, 0) is 17.8 Å². The summed E-state index contributed by atoms with van der Waals surface area (Å²) < 4.78 is 44.4. The maximum absolute atomic E-state index is 13.9. The standard InChI is InChI=1S/C19H16F3NO4/c1-10-13(7-18(25)26)14-6-17(24)15(20)8-16(14)23(10)9-11-2-4-12(5-3-11)27-19(21)22/h2-6,8,19,24H,7,9H2,1H3,(H,25,26). The van der Waals surface area contributed by atoms with Crippen molar-refractivity contribution in [3.63, 3.8) is 0 Å². The van der Waals surface area contributed by atoms with Gasteiger partial charge in [0, 0.05) is 23.7 Å². The van der Waals surface area contributed by atoms with E-state index in [4.69, 9.17) is 5.11 Å². The van der Waals surface area contributed by atoms with Crippen LogP contribution in [0.2, 0.25) is 0 Å². The summed E-state index contributed by atoms with van der Waals surface area (Å²) in [7, 11) is 0. The molecule has 0 saturated carbocycles. The Balaban J connectivity index is 2.04. The monoisotopic (exact) mass is 379 g/mol. The topological polar surface area (TPSA) is 71.7 Å². The first kappa shape index (κ1) is 18.6. The SMILES string of the molecule is Cc1c(CC(=O)O)c2cc(O)c(F)cc2n1Cc1ccc(OC(F)F)cc1. The van der Waals surface area contributed by atoms with Crippen molar-refractivity contribution in [3.8, 4) is 11.5 Å². The van der Waals surface area contributed by atoms with Crippen molar-refractivity contribution in [2.45, 2.75) is 26.5 Å². The first-order valence-electron chi connectivity index (χ1n) is 8.02. The normalized spacial score (nSPS) is 11.3. The third-order valence-corrected chi connectivity index (χ3v) is 4.34. The lowest BCUT2D eigenvalue weighted by atomic mass is 10.1. The molecule has 3 aromatic rings. The van der Waals surface area contributed by atoms with Gasteiger partial charge in [0.2, 0.25) is 0 Å². The van der Waals surface area contributed by atoms with Gasteiger partial charge >= 0.3 is 12.6 Å². The van der Waals surface area contributed by atoms with Crippen molar-refractivity contribution in [2.75, 3.05) is 0 Å². The number of hydrogen-bond acceptors (Lipinski definition) is 3. The van der Waals surface area contributed by atoms with E-state index < -0.39 is 24.1 Å². The number of carboxylic acids is 1. The van der Waals surface area contributed by atoms with Crippen LogP contribution >= 0.6 is 0 Å². The van der Waals surface area contributed by atoms with E-state index in [2.05, 4.69) is 4.74 Å². The van der Waals surface area contributed by atoms with E-state index in [0.717, 1.165) is 11.6 Å². The molecule has 0 aliphatic heterocycles. The molecule has 0 saturated heterocycles. The van der Waals surface area contributed by atoms with Crippen molar-refractivity contribution in [1.82, 2.24) is 4.57 Å². The van der Waals surface area contributed by atoms with Crippen molar-refractivity contribution in [3.05, 3.63) is 59.0 Å². The molecule has 0 atom stereocenters. The summed E-state index contributed by atoms with van der Waals surface area (Å²) in [4.78, 5) is 11.2. The second-order valence-corrected chi connectivity index (χ2v) is 6.06. The molecule has 5 nitrogen and oxygen atoms in total. The van der Waals surface area contributed by atoms with Crippen molar-refractivity contribution >= 4 is 16.9 Å². The number of phenolic OH excluding ortho intramolecular Hbond substituents is 1. The molecule has 0 aliphatic rings. The Kier molecular flexibility index (Phi) is 4.98. The van der Waals surface area contributed by atoms with Gasteiger partial charge in [0.25, 0.3) is 0 Å². The van der Waals surface area contributed by atoms with E-state index in [1.165, 1.54) is 18.2 Å². The van der Waals surface area contributed by atoms with E-state index in [9.17, 15) is 23.1 Å². The summed E-state index contributed by atoms with van der Waals surface area (Å²) in [5, 5.41) is 19.3. The van der Waals surface area contributed by atoms with Gasteiger partial charge in [-0.05, 0) is 36.2 Å². The Morgan fingerprint density at radius 1 is 1.22 bits per heavy atom. The van der Waals surface area contributed by atoms with E-state index in [-0.39, 0.29) is 18.7 Å². The summed E-state index contributed by atoms with van der Waals surface area (Å²) in [5.41, 5.74) is 2.26. The average Bonchev–Trinajstić information content (AvgIpc) is 2.82. The lowest BCUT2D eigenvalue weighted by Gasteiger charge is -2.10. The van der Waals surface area contributed by atoms with Crippen LogP contribution < -0.4 is 4.74 Å². The van der Waals surface area contributed by atoms with Gasteiger partial charge in [0.05, 0.1) is 11.9 Å². The minimum absolute atomic E-state index is 0.0189. The highest BCUT2D eigenvalue weighted by atomic mass is 19.3. The van der Waals surface area contributed by atoms with Gasteiger partial charge in [0.15, 0.2) is 11.6 Å². The summed E-state index contributed by atoms with van der Waals surface area (Å²) in [6, 6.07) is 8.34. The number of alkyl halides is 2. The highest BCUT2D eigenvalue weighted by molar-refractivity contribution is 5.90. The zero-order chi connectivity index (χ0) is 19.7. The number of aliphatic carboxylic acids is 1. The summed E-state index contributed by atoms with van der Waals surface area (Å²) in [5.74, 6) is -2.40. The largest absolute Gasteiger partial charge is 0.505 e. The molecule has 3 rings (SSSR count). The quantitative estimate of drug-likeness (QED) is 0.677. The molecule has 0 bridgehead atoms. The molecule has 0 amide bonds. The number of fused-ring (bicyclic) bond motifs is 1. The summed E-state index contributed by atoms with van der Waals surface area (Å²) in [6.07, 6.45) is -0.276. The number of aromatic nitrogens is 1. The minimum Gasteiger partial charge on any atom is -0.505 e. The molecule has 1 aromatic heterocycles. The fourth-order valence-corrected chi connectivity index (χ4v) is 3.09. The molecule has 142 valence electrons. The first-order valence-corrected chi connectivity index (χ1v) is 8.02. The van der Waals surface area contributed by atoms with Gasteiger partial charge < -0.3 is 19.5 Å². The molecule has 0 radical (unpaired) electrons. The number of carboxylic acid groups (broad SMARTS) is 1. The molecule has 27 heavy (non-hydrogen) atoms. The number of rotatable bonds is 6.